The minimum atomic E-state index is -0.664. The number of carboxylic acids is 1. The van der Waals surface area contributed by atoms with Gasteiger partial charge < -0.3 is 19.8 Å². The minimum absolute atomic E-state index is 0.00546. The Bertz CT molecular complexity index is 864. The maximum atomic E-state index is 12.4. The van der Waals surface area contributed by atoms with E-state index in [1.165, 1.54) is 76.7 Å². The van der Waals surface area contributed by atoms with Crippen LogP contribution in [-0.4, -0.2) is 76.6 Å². The largest absolute Gasteiger partial charge is 0.481 e. The van der Waals surface area contributed by atoms with Gasteiger partial charge in [-0.3, -0.25) is 14.4 Å². The summed E-state index contributed by atoms with van der Waals surface area (Å²) < 4.78 is 0. The highest BCUT2D eigenvalue weighted by atomic mass is 16.4. The van der Waals surface area contributed by atoms with Gasteiger partial charge in [0.2, 0.25) is 11.6 Å². The molecule has 0 radical (unpaired) electrons. The first kappa shape index (κ1) is 29.0. The second kappa shape index (κ2) is 15.6. The van der Waals surface area contributed by atoms with E-state index in [1.807, 2.05) is 14.7 Å². The van der Waals surface area contributed by atoms with E-state index in [4.69, 9.17) is 5.11 Å². The summed E-state index contributed by atoms with van der Waals surface area (Å²) in [7, 11) is 0. The number of allylic oxidation sites excluding steroid dienone is 3. The zero-order chi connectivity index (χ0) is 26.5. The van der Waals surface area contributed by atoms with E-state index < -0.39 is 5.97 Å². The van der Waals surface area contributed by atoms with Crippen molar-refractivity contribution in [2.45, 2.75) is 96.8 Å². The molecule has 1 aliphatic carbocycles. The van der Waals surface area contributed by atoms with Gasteiger partial charge in [0.05, 0.1) is 5.70 Å². The molecule has 4 aliphatic rings. The van der Waals surface area contributed by atoms with E-state index in [0.717, 1.165) is 52.1 Å². The normalized spacial score (nSPS) is 18.3. The first-order valence-corrected chi connectivity index (χ1v) is 14.7. The number of hydrogen-bond donors (Lipinski definition) is 1. The molecule has 0 bridgehead atoms. The maximum Gasteiger partial charge on any atom is 0.303 e. The summed E-state index contributed by atoms with van der Waals surface area (Å²) in [6, 6.07) is 0. The average Bonchev–Trinajstić information content (AvgIpc) is 3.69. The number of hydrogen-bond acceptors (Lipinski definition) is 6. The Balaban J connectivity index is 0.000000206. The van der Waals surface area contributed by atoms with Crippen molar-refractivity contribution in [2.24, 2.45) is 0 Å². The molecule has 4 rings (SSSR count). The smallest absolute Gasteiger partial charge is 0.303 e. The van der Waals surface area contributed by atoms with Gasteiger partial charge in [-0.15, -0.1) is 0 Å². The third-order valence-electron chi connectivity index (χ3n) is 7.14. The van der Waals surface area contributed by atoms with Gasteiger partial charge in [-0.05, 0) is 32.1 Å². The first-order chi connectivity index (χ1) is 18.0. The van der Waals surface area contributed by atoms with E-state index in [0.29, 0.717) is 23.5 Å². The van der Waals surface area contributed by atoms with Crippen LogP contribution < -0.4 is 0 Å². The van der Waals surface area contributed by atoms with Crippen LogP contribution in [0.1, 0.15) is 96.8 Å². The lowest BCUT2D eigenvalue weighted by Crippen LogP contribution is -2.29. The molecule has 0 aromatic heterocycles. The number of rotatable bonds is 18. The van der Waals surface area contributed by atoms with Crippen molar-refractivity contribution in [2.75, 3.05) is 39.3 Å². The number of ketones is 2. The van der Waals surface area contributed by atoms with Crippen LogP contribution in [0.25, 0.3) is 0 Å². The number of carbonyl (C=O) groups excluding carboxylic acids is 2. The molecule has 206 valence electrons. The maximum absolute atomic E-state index is 12.4. The number of aliphatic carboxylic acids is 1. The predicted octanol–water partition coefficient (Wildman–Crippen LogP) is 5.29. The van der Waals surface area contributed by atoms with E-state index in [-0.39, 0.29) is 11.6 Å². The third-order valence-corrected chi connectivity index (χ3v) is 7.14. The van der Waals surface area contributed by atoms with Gasteiger partial charge in [-0.25, -0.2) is 0 Å². The summed E-state index contributed by atoms with van der Waals surface area (Å²) in [6.45, 7) is 7.67. The topological polar surface area (TPSA) is 80.5 Å². The molecule has 0 aromatic rings. The first-order valence-electron chi connectivity index (χ1n) is 14.7. The predicted molar refractivity (Wildman–Crippen MR) is 147 cm³/mol. The van der Waals surface area contributed by atoms with Gasteiger partial charge in [-0.2, -0.15) is 0 Å². The second-order valence-corrected chi connectivity index (χ2v) is 10.6. The summed E-state index contributed by atoms with van der Waals surface area (Å²) in [4.78, 5) is 40.8. The van der Waals surface area contributed by atoms with Gasteiger partial charge in [-0.1, -0.05) is 70.4 Å². The van der Waals surface area contributed by atoms with Gasteiger partial charge in [0, 0.05) is 51.8 Å². The molecule has 37 heavy (non-hydrogen) atoms. The molecule has 0 aromatic carbocycles. The molecule has 0 amide bonds. The van der Waals surface area contributed by atoms with Crippen molar-refractivity contribution in [1.82, 2.24) is 14.7 Å². The molecule has 0 saturated carbocycles. The van der Waals surface area contributed by atoms with Crippen LogP contribution in [0.5, 0.6) is 0 Å². The lowest BCUT2D eigenvalue weighted by Gasteiger charge is -2.21. The molecule has 0 unspecified atom stereocenters. The number of nitrogens with zero attached hydrogens (tertiary/aromatic N) is 3. The van der Waals surface area contributed by atoms with E-state index in [9.17, 15) is 14.4 Å². The minimum Gasteiger partial charge on any atom is -0.481 e. The molecule has 7 heteroatoms. The van der Waals surface area contributed by atoms with E-state index in [2.05, 4.69) is 19.1 Å². The summed E-state index contributed by atoms with van der Waals surface area (Å²) in [6.07, 6.45) is 22.8. The van der Waals surface area contributed by atoms with Crippen molar-refractivity contribution in [3.8, 4) is 0 Å². The molecule has 3 saturated heterocycles. The van der Waals surface area contributed by atoms with Crippen LogP contribution in [0.4, 0.5) is 0 Å². The third kappa shape index (κ3) is 10.7. The molecule has 7 nitrogen and oxygen atoms in total. The fraction of sp³-hybridized carbons (Fsp3) is 0.700. The molecular formula is C30H47N3O4. The van der Waals surface area contributed by atoms with E-state index >= 15 is 0 Å². The van der Waals surface area contributed by atoms with Gasteiger partial charge >= 0.3 is 5.97 Å². The highest BCUT2D eigenvalue weighted by Crippen LogP contribution is 2.33. The Hall–Kier alpha value is -2.57. The fourth-order valence-corrected chi connectivity index (χ4v) is 4.62. The Morgan fingerprint density at radius 1 is 0.730 bits per heavy atom. The summed E-state index contributed by atoms with van der Waals surface area (Å²) in [5.74, 6) is -0.616. The monoisotopic (exact) mass is 513 g/mol. The number of unbranched alkanes of at least 4 members (excludes halogenated alkanes) is 11. The van der Waals surface area contributed by atoms with E-state index in [1.54, 1.807) is 0 Å². The quantitative estimate of drug-likeness (QED) is 0.115. The number of carbonyl (C=O) groups is 3. The Labute approximate surface area is 223 Å². The standard InChI is InChI=1S/C18H34O2.C12H13N3O2/c1-2-3-4-5-6-7-8-9-10-11-12-13-14-15-16-17-18(19)20;16-9-7-8(13-1-2-13)12(17)11(15-5-6-15)10(9)14-3-4-14/h9-10H,2-8,11-17H2,1H3,(H,19,20);7H,1-6H2/b10-9-;. The molecule has 3 fully saturated rings. The van der Waals surface area contributed by atoms with Gasteiger partial charge in [0.15, 0.2) is 0 Å². The molecule has 3 aliphatic heterocycles. The van der Waals surface area contributed by atoms with Crippen molar-refractivity contribution in [1.29, 1.82) is 0 Å². The summed E-state index contributed by atoms with van der Waals surface area (Å²) >= 11 is 0. The highest BCUT2D eigenvalue weighted by Gasteiger charge is 2.43. The molecule has 0 atom stereocenters. The Morgan fingerprint density at radius 2 is 1.22 bits per heavy atom. The van der Waals surface area contributed by atoms with Crippen LogP contribution in [0, 0.1) is 0 Å². The lowest BCUT2D eigenvalue weighted by atomic mass is 10.0. The summed E-state index contributed by atoms with van der Waals surface area (Å²) in [5, 5.41) is 8.51. The van der Waals surface area contributed by atoms with Crippen LogP contribution in [-0.2, 0) is 14.4 Å². The number of carboxylic acid groups (broad SMARTS) is 1. The van der Waals surface area contributed by atoms with Crippen molar-refractivity contribution >= 4 is 17.5 Å². The Morgan fingerprint density at radius 3 is 1.73 bits per heavy atom. The highest BCUT2D eigenvalue weighted by molar-refractivity contribution is 6.22. The van der Waals surface area contributed by atoms with Crippen LogP contribution in [0.15, 0.2) is 35.3 Å². The SMILES string of the molecule is CCCCCCCC/C=C\CCCCCCCC(=O)O.O=C1C=C(N2CC2)C(=O)C(N2CC2)=C1N1CC1. The van der Waals surface area contributed by atoms with Gasteiger partial charge in [0.25, 0.3) is 0 Å². The number of Topliss-reactive ketones (excluding diaryl/α,β-unsaturated/α-hetero) is 1. The van der Waals surface area contributed by atoms with Crippen molar-refractivity contribution in [3.63, 3.8) is 0 Å². The molecular weight excluding hydrogens is 466 g/mol. The fourth-order valence-electron chi connectivity index (χ4n) is 4.62. The molecule has 0 spiro atoms. The lowest BCUT2D eigenvalue weighted by molar-refractivity contribution is -0.137. The average molecular weight is 514 g/mol. The summed E-state index contributed by atoms with van der Waals surface area (Å²) in [5.41, 5.74) is 1.89. The van der Waals surface area contributed by atoms with Crippen LogP contribution in [0.2, 0.25) is 0 Å². The molecule has 1 N–H and O–H groups in total. The Kier molecular flexibility index (Phi) is 12.2. The van der Waals surface area contributed by atoms with Crippen molar-refractivity contribution in [3.05, 3.63) is 35.3 Å². The van der Waals surface area contributed by atoms with Crippen LogP contribution >= 0.6 is 0 Å². The molecule has 3 heterocycles. The zero-order valence-electron chi connectivity index (χ0n) is 22.9. The van der Waals surface area contributed by atoms with Crippen molar-refractivity contribution < 1.29 is 19.5 Å². The van der Waals surface area contributed by atoms with Crippen LogP contribution in [0.3, 0.4) is 0 Å². The zero-order valence-corrected chi connectivity index (χ0v) is 22.9. The second-order valence-electron chi connectivity index (χ2n) is 10.6. The van der Waals surface area contributed by atoms with Gasteiger partial charge in [0.1, 0.15) is 11.4 Å².